The van der Waals surface area contributed by atoms with E-state index in [1.165, 1.54) is 23.1 Å². The van der Waals surface area contributed by atoms with Crippen LogP contribution in [0, 0.1) is 5.41 Å². The van der Waals surface area contributed by atoms with Crippen LogP contribution < -0.4 is 5.32 Å². The Morgan fingerprint density at radius 1 is 1.07 bits per heavy atom. The number of nitrogens with one attached hydrogen (secondary N) is 1. The first-order valence-corrected chi connectivity index (χ1v) is 9.46. The maximum absolute atomic E-state index is 12.8. The molecule has 1 heterocycles. The summed E-state index contributed by atoms with van der Waals surface area (Å²) in [6.45, 7) is 0.0688. The smallest absolute Gasteiger partial charge is 0.311 e. The number of rotatable bonds is 5. The molecule has 0 atom stereocenters. The van der Waals surface area contributed by atoms with Gasteiger partial charge < -0.3 is 10.4 Å². The zero-order valence-corrected chi connectivity index (χ0v) is 15.0. The van der Waals surface area contributed by atoms with E-state index in [0.717, 1.165) is 32.1 Å². The molecule has 2 fully saturated rings. The van der Waals surface area contributed by atoms with Crippen molar-refractivity contribution in [2.24, 2.45) is 5.41 Å². The van der Waals surface area contributed by atoms with Crippen LogP contribution in [0.2, 0.25) is 0 Å². The summed E-state index contributed by atoms with van der Waals surface area (Å²) in [6, 6.07) is 4.43. The van der Waals surface area contributed by atoms with Crippen molar-refractivity contribution in [3.8, 4) is 0 Å². The second-order valence-electron chi connectivity index (χ2n) is 7.80. The van der Waals surface area contributed by atoms with E-state index in [0.29, 0.717) is 18.4 Å². The molecule has 27 heavy (non-hydrogen) atoms. The van der Waals surface area contributed by atoms with E-state index < -0.39 is 17.3 Å². The number of carboxylic acids is 1. The Labute approximate surface area is 156 Å². The lowest BCUT2D eigenvalue weighted by Gasteiger charge is -2.29. The van der Waals surface area contributed by atoms with Gasteiger partial charge in [-0.1, -0.05) is 19.3 Å². The SMILES string of the molecule is O=C(NCC1(C(=O)O)CC1)c1ccc2c(c1)C(=O)N(C1CCCCC1)C2=O. The summed E-state index contributed by atoms with van der Waals surface area (Å²) in [7, 11) is 0. The van der Waals surface area contributed by atoms with Crippen molar-refractivity contribution in [3.05, 3.63) is 34.9 Å². The molecule has 142 valence electrons. The van der Waals surface area contributed by atoms with Crippen LogP contribution in [0.5, 0.6) is 0 Å². The predicted molar refractivity (Wildman–Crippen MR) is 95.5 cm³/mol. The average molecular weight is 370 g/mol. The Balaban J connectivity index is 1.50. The Morgan fingerprint density at radius 3 is 2.37 bits per heavy atom. The summed E-state index contributed by atoms with van der Waals surface area (Å²) in [5, 5.41) is 11.8. The zero-order chi connectivity index (χ0) is 19.2. The molecule has 0 radical (unpaired) electrons. The van der Waals surface area contributed by atoms with Crippen molar-refractivity contribution in [1.29, 1.82) is 0 Å². The third-order valence-electron chi connectivity index (χ3n) is 6.01. The number of hydrogen-bond donors (Lipinski definition) is 2. The number of benzene rings is 1. The molecule has 2 aliphatic carbocycles. The van der Waals surface area contributed by atoms with Crippen LogP contribution in [0.4, 0.5) is 0 Å². The third-order valence-corrected chi connectivity index (χ3v) is 6.01. The minimum Gasteiger partial charge on any atom is -0.481 e. The standard InChI is InChI=1S/C20H22N2O5/c23-16(21-11-20(8-9-20)19(26)27)12-6-7-14-15(10-12)18(25)22(17(14)24)13-4-2-1-3-5-13/h6-7,10,13H,1-5,8-9,11H2,(H,21,23)(H,26,27). The number of carboxylic acid groups (broad SMARTS) is 1. The van der Waals surface area contributed by atoms with E-state index in [2.05, 4.69) is 5.32 Å². The van der Waals surface area contributed by atoms with Gasteiger partial charge in [-0.15, -0.1) is 0 Å². The minimum atomic E-state index is -0.902. The van der Waals surface area contributed by atoms with Gasteiger partial charge in [-0.25, -0.2) is 0 Å². The molecule has 1 aromatic rings. The van der Waals surface area contributed by atoms with Crippen molar-refractivity contribution in [2.75, 3.05) is 6.54 Å². The normalized spacial score (nSPS) is 21.1. The van der Waals surface area contributed by atoms with Gasteiger partial charge in [0.25, 0.3) is 17.7 Å². The fraction of sp³-hybridized carbons (Fsp3) is 0.500. The summed E-state index contributed by atoms with van der Waals surface area (Å²) in [6.07, 6.45) is 5.91. The highest BCUT2D eigenvalue weighted by Crippen LogP contribution is 2.45. The Morgan fingerprint density at radius 2 is 1.74 bits per heavy atom. The monoisotopic (exact) mass is 370 g/mol. The van der Waals surface area contributed by atoms with Crippen LogP contribution in [-0.4, -0.2) is 46.3 Å². The number of carbonyl (C=O) groups excluding carboxylic acids is 3. The zero-order valence-electron chi connectivity index (χ0n) is 15.0. The Hall–Kier alpha value is -2.70. The molecule has 3 amide bonds. The average Bonchev–Trinajstić information content (AvgIpc) is 3.43. The van der Waals surface area contributed by atoms with E-state index in [4.69, 9.17) is 0 Å². The van der Waals surface area contributed by atoms with E-state index in [1.54, 1.807) is 0 Å². The summed E-state index contributed by atoms with van der Waals surface area (Å²) >= 11 is 0. The molecule has 7 heteroatoms. The van der Waals surface area contributed by atoms with Crippen LogP contribution in [0.1, 0.15) is 76.0 Å². The van der Waals surface area contributed by atoms with Gasteiger partial charge in [0.2, 0.25) is 0 Å². The lowest BCUT2D eigenvalue weighted by molar-refractivity contribution is -0.143. The molecule has 0 saturated heterocycles. The number of hydrogen-bond acceptors (Lipinski definition) is 4. The molecule has 0 bridgehead atoms. The van der Waals surface area contributed by atoms with Gasteiger partial charge in [0.05, 0.1) is 16.5 Å². The Bertz CT molecular complexity index is 837. The summed E-state index contributed by atoms with van der Waals surface area (Å²) in [5.74, 6) is -1.94. The van der Waals surface area contributed by atoms with Crippen LogP contribution in [0.15, 0.2) is 18.2 Å². The first kappa shape index (κ1) is 17.7. The molecule has 0 aromatic heterocycles. The van der Waals surface area contributed by atoms with Gasteiger partial charge >= 0.3 is 5.97 Å². The molecule has 4 rings (SSSR count). The molecule has 7 nitrogen and oxygen atoms in total. The fourth-order valence-electron chi connectivity index (χ4n) is 4.04. The second-order valence-corrected chi connectivity index (χ2v) is 7.80. The molecule has 2 N–H and O–H groups in total. The molecular weight excluding hydrogens is 348 g/mol. The lowest BCUT2D eigenvalue weighted by atomic mass is 9.94. The first-order chi connectivity index (χ1) is 12.9. The van der Waals surface area contributed by atoms with Crippen molar-refractivity contribution in [2.45, 2.75) is 51.0 Å². The number of carbonyl (C=O) groups is 4. The second kappa shape index (κ2) is 6.48. The summed E-state index contributed by atoms with van der Waals surface area (Å²) in [5.41, 5.74) is 0.0150. The molecule has 0 spiro atoms. The number of imide groups is 1. The van der Waals surface area contributed by atoms with Gasteiger partial charge in [0.1, 0.15) is 0 Å². The maximum atomic E-state index is 12.8. The first-order valence-electron chi connectivity index (χ1n) is 9.46. The van der Waals surface area contributed by atoms with Crippen LogP contribution in [-0.2, 0) is 4.79 Å². The molecule has 1 aliphatic heterocycles. The van der Waals surface area contributed by atoms with Crippen LogP contribution in [0.25, 0.3) is 0 Å². The van der Waals surface area contributed by atoms with E-state index >= 15 is 0 Å². The van der Waals surface area contributed by atoms with E-state index in [1.807, 2.05) is 0 Å². The third kappa shape index (κ3) is 3.01. The quantitative estimate of drug-likeness (QED) is 0.774. The topological polar surface area (TPSA) is 104 Å². The van der Waals surface area contributed by atoms with Gasteiger partial charge in [0.15, 0.2) is 0 Å². The minimum absolute atomic E-state index is 0.0614. The van der Waals surface area contributed by atoms with Gasteiger partial charge in [-0.05, 0) is 43.9 Å². The van der Waals surface area contributed by atoms with Crippen LogP contribution in [0.3, 0.4) is 0 Å². The molecule has 0 unspecified atom stereocenters. The number of aliphatic carboxylic acids is 1. The highest BCUT2D eigenvalue weighted by molar-refractivity contribution is 6.22. The number of amides is 3. The molecule has 2 saturated carbocycles. The van der Waals surface area contributed by atoms with Crippen LogP contribution >= 0.6 is 0 Å². The molecule has 3 aliphatic rings. The van der Waals surface area contributed by atoms with Gasteiger partial charge in [-0.2, -0.15) is 0 Å². The van der Waals surface area contributed by atoms with Gasteiger partial charge in [0, 0.05) is 18.2 Å². The number of fused-ring (bicyclic) bond motifs is 1. The Kier molecular flexibility index (Phi) is 4.25. The van der Waals surface area contributed by atoms with Crippen molar-refractivity contribution in [3.63, 3.8) is 0 Å². The summed E-state index contributed by atoms with van der Waals surface area (Å²) < 4.78 is 0. The number of nitrogens with zero attached hydrogens (tertiary/aromatic N) is 1. The lowest BCUT2D eigenvalue weighted by Crippen LogP contribution is -2.40. The van der Waals surface area contributed by atoms with Crippen molar-refractivity contribution < 1.29 is 24.3 Å². The highest BCUT2D eigenvalue weighted by Gasteiger charge is 2.50. The summed E-state index contributed by atoms with van der Waals surface area (Å²) in [4.78, 5) is 50.4. The predicted octanol–water partition coefficient (Wildman–Crippen LogP) is 2.21. The van der Waals surface area contributed by atoms with Crippen molar-refractivity contribution >= 4 is 23.7 Å². The fourth-order valence-corrected chi connectivity index (χ4v) is 4.04. The largest absolute Gasteiger partial charge is 0.481 e. The molecule has 1 aromatic carbocycles. The van der Waals surface area contributed by atoms with Gasteiger partial charge in [-0.3, -0.25) is 24.1 Å². The van der Waals surface area contributed by atoms with E-state index in [9.17, 15) is 24.3 Å². The van der Waals surface area contributed by atoms with E-state index in [-0.39, 0.29) is 35.5 Å². The maximum Gasteiger partial charge on any atom is 0.311 e. The van der Waals surface area contributed by atoms with Crippen molar-refractivity contribution in [1.82, 2.24) is 10.2 Å². The highest BCUT2D eigenvalue weighted by atomic mass is 16.4. The molecular formula is C20H22N2O5.